The SMILES string of the molecule is CCN(CC)C1Cc2cccc3[nH]c(Sc4ccccc4)c(c23)C1. The van der Waals surface area contributed by atoms with E-state index in [0.29, 0.717) is 6.04 Å². The molecule has 3 heteroatoms. The van der Waals surface area contributed by atoms with Crippen molar-refractivity contribution < 1.29 is 0 Å². The first-order valence-corrected chi connectivity index (χ1v) is 9.71. The van der Waals surface area contributed by atoms with Gasteiger partial charge in [0.2, 0.25) is 0 Å². The highest BCUT2D eigenvalue weighted by Crippen LogP contribution is 2.40. The molecule has 0 aliphatic heterocycles. The van der Waals surface area contributed by atoms with E-state index in [1.54, 1.807) is 0 Å². The Hall–Kier alpha value is -1.71. The van der Waals surface area contributed by atoms with Gasteiger partial charge < -0.3 is 9.88 Å². The van der Waals surface area contributed by atoms with E-state index in [1.807, 2.05) is 11.8 Å². The largest absolute Gasteiger partial charge is 0.349 e. The van der Waals surface area contributed by atoms with E-state index in [0.717, 1.165) is 19.5 Å². The third-order valence-corrected chi connectivity index (χ3v) is 6.22. The molecule has 0 radical (unpaired) electrons. The maximum Gasteiger partial charge on any atom is 0.0814 e. The number of rotatable bonds is 5. The van der Waals surface area contributed by atoms with Gasteiger partial charge in [0.1, 0.15) is 0 Å². The van der Waals surface area contributed by atoms with Crippen molar-refractivity contribution in [3.05, 3.63) is 59.7 Å². The van der Waals surface area contributed by atoms with Gasteiger partial charge in [0.25, 0.3) is 0 Å². The summed E-state index contributed by atoms with van der Waals surface area (Å²) in [6.45, 7) is 6.79. The van der Waals surface area contributed by atoms with Crippen LogP contribution in [0.25, 0.3) is 10.9 Å². The molecule has 0 spiro atoms. The van der Waals surface area contributed by atoms with E-state index in [9.17, 15) is 0 Å². The number of H-pyrrole nitrogens is 1. The second kappa shape index (κ2) is 6.66. The van der Waals surface area contributed by atoms with Crippen LogP contribution in [0.4, 0.5) is 0 Å². The van der Waals surface area contributed by atoms with Gasteiger partial charge in [0.05, 0.1) is 5.03 Å². The zero-order chi connectivity index (χ0) is 16.5. The summed E-state index contributed by atoms with van der Waals surface area (Å²) in [4.78, 5) is 7.59. The Morgan fingerprint density at radius 3 is 2.54 bits per heavy atom. The minimum absolute atomic E-state index is 0.615. The molecule has 0 fully saturated rings. The highest BCUT2D eigenvalue weighted by molar-refractivity contribution is 7.99. The number of nitrogens with zero attached hydrogens (tertiary/aromatic N) is 1. The summed E-state index contributed by atoms with van der Waals surface area (Å²) < 4.78 is 0. The summed E-state index contributed by atoms with van der Waals surface area (Å²) in [6, 6.07) is 18.0. The summed E-state index contributed by atoms with van der Waals surface area (Å²) in [5.41, 5.74) is 4.30. The Morgan fingerprint density at radius 2 is 1.79 bits per heavy atom. The average molecular weight is 337 g/mol. The van der Waals surface area contributed by atoms with Crippen LogP contribution in [0, 0.1) is 0 Å². The first-order chi connectivity index (χ1) is 11.8. The Labute approximate surface area is 148 Å². The second-order valence-corrected chi connectivity index (χ2v) is 7.55. The maximum absolute atomic E-state index is 3.68. The standard InChI is InChI=1S/C21H24N2S/c1-3-23(4-2)16-13-15-9-8-12-19-20(15)18(14-16)21(22-19)24-17-10-6-5-7-11-17/h5-12,16,22H,3-4,13-14H2,1-2H3. The Kier molecular flexibility index (Phi) is 4.38. The minimum Gasteiger partial charge on any atom is -0.349 e. The molecular weight excluding hydrogens is 312 g/mol. The quantitative estimate of drug-likeness (QED) is 0.696. The number of likely N-dealkylation sites (N-methyl/N-ethyl adjacent to an activating group) is 1. The fraction of sp³-hybridized carbons (Fsp3) is 0.333. The Bertz CT molecular complexity index is 834. The van der Waals surface area contributed by atoms with Gasteiger partial charge in [-0.2, -0.15) is 0 Å². The number of hydrogen-bond acceptors (Lipinski definition) is 2. The number of aromatic amines is 1. The normalized spacial score (nSPS) is 16.9. The monoisotopic (exact) mass is 336 g/mol. The molecule has 2 nitrogen and oxygen atoms in total. The topological polar surface area (TPSA) is 19.0 Å². The van der Waals surface area contributed by atoms with Crippen LogP contribution in [-0.4, -0.2) is 29.0 Å². The summed E-state index contributed by atoms with van der Waals surface area (Å²) in [6.07, 6.45) is 2.31. The first-order valence-electron chi connectivity index (χ1n) is 8.89. The van der Waals surface area contributed by atoms with Crippen LogP contribution in [-0.2, 0) is 12.8 Å². The predicted molar refractivity (Wildman–Crippen MR) is 103 cm³/mol. The van der Waals surface area contributed by atoms with Crippen molar-refractivity contribution in [3.63, 3.8) is 0 Å². The molecule has 2 aromatic carbocycles. The number of benzene rings is 2. The molecule has 1 unspecified atom stereocenters. The van der Waals surface area contributed by atoms with Crippen molar-refractivity contribution in [2.24, 2.45) is 0 Å². The van der Waals surface area contributed by atoms with Crippen molar-refractivity contribution in [3.8, 4) is 0 Å². The molecule has 1 heterocycles. The Balaban J connectivity index is 1.76. The van der Waals surface area contributed by atoms with Crippen molar-refractivity contribution >= 4 is 22.7 Å². The van der Waals surface area contributed by atoms with Crippen LogP contribution in [0.2, 0.25) is 0 Å². The number of nitrogens with one attached hydrogen (secondary N) is 1. The van der Waals surface area contributed by atoms with Crippen LogP contribution in [0.3, 0.4) is 0 Å². The highest BCUT2D eigenvalue weighted by Gasteiger charge is 2.27. The fourth-order valence-electron chi connectivity index (χ4n) is 3.99. The van der Waals surface area contributed by atoms with Gasteiger partial charge in [-0.15, -0.1) is 0 Å². The van der Waals surface area contributed by atoms with Gasteiger partial charge in [0.15, 0.2) is 0 Å². The van der Waals surface area contributed by atoms with Gasteiger partial charge in [-0.1, -0.05) is 55.9 Å². The molecule has 4 rings (SSSR count). The average Bonchev–Trinajstić information content (AvgIpc) is 2.96. The van der Waals surface area contributed by atoms with Crippen LogP contribution in [0.15, 0.2) is 58.5 Å². The van der Waals surface area contributed by atoms with Gasteiger partial charge in [-0.3, -0.25) is 0 Å². The molecule has 1 N–H and O–H groups in total. The summed E-state index contributed by atoms with van der Waals surface area (Å²) in [7, 11) is 0. The molecule has 1 aromatic heterocycles. The zero-order valence-electron chi connectivity index (χ0n) is 14.4. The van der Waals surface area contributed by atoms with Crippen LogP contribution < -0.4 is 0 Å². The van der Waals surface area contributed by atoms with Crippen LogP contribution in [0.5, 0.6) is 0 Å². The summed E-state index contributed by atoms with van der Waals surface area (Å²) >= 11 is 1.86. The number of hydrogen-bond donors (Lipinski definition) is 1. The van der Waals surface area contributed by atoms with E-state index in [-0.39, 0.29) is 0 Å². The highest BCUT2D eigenvalue weighted by atomic mass is 32.2. The van der Waals surface area contributed by atoms with Gasteiger partial charge >= 0.3 is 0 Å². The second-order valence-electron chi connectivity index (χ2n) is 6.47. The van der Waals surface area contributed by atoms with Gasteiger partial charge in [-0.05, 0) is 55.3 Å². The lowest BCUT2D eigenvalue weighted by atomic mass is 9.88. The van der Waals surface area contributed by atoms with E-state index >= 15 is 0 Å². The summed E-state index contributed by atoms with van der Waals surface area (Å²) in [5.74, 6) is 0. The molecule has 124 valence electrons. The van der Waals surface area contributed by atoms with Gasteiger partial charge in [0, 0.05) is 21.8 Å². The molecule has 1 atom stereocenters. The lowest BCUT2D eigenvalue weighted by Crippen LogP contribution is -2.39. The molecule has 0 saturated carbocycles. The summed E-state index contributed by atoms with van der Waals surface area (Å²) in [5, 5.41) is 2.79. The van der Waals surface area contributed by atoms with Crippen molar-refractivity contribution in [1.82, 2.24) is 9.88 Å². The van der Waals surface area contributed by atoms with Crippen LogP contribution >= 0.6 is 11.8 Å². The van der Waals surface area contributed by atoms with Gasteiger partial charge in [-0.25, -0.2) is 0 Å². The smallest absolute Gasteiger partial charge is 0.0814 e. The molecule has 24 heavy (non-hydrogen) atoms. The molecule has 0 saturated heterocycles. The van der Waals surface area contributed by atoms with Crippen molar-refractivity contribution in [2.75, 3.05) is 13.1 Å². The predicted octanol–water partition coefficient (Wildman–Crippen LogP) is 5.13. The van der Waals surface area contributed by atoms with Crippen LogP contribution in [0.1, 0.15) is 25.0 Å². The Morgan fingerprint density at radius 1 is 1.00 bits per heavy atom. The first kappa shape index (κ1) is 15.8. The molecule has 1 aliphatic carbocycles. The molecule has 1 aliphatic rings. The number of aromatic nitrogens is 1. The zero-order valence-corrected chi connectivity index (χ0v) is 15.2. The third kappa shape index (κ3) is 2.76. The third-order valence-electron chi connectivity index (χ3n) is 5.16. The molecule has 0 amide bonds. The van der Waals surface area contributed by atoms with E-state index in [2.05, 4.69) is 72.3 Å². The van der Waals surface area contributed by atoms with E-state index in [4.69, 9.17) is 0 Å². The van der Waals surface area contributed by atoms with Crippen molar-refractivity contribution in [2.45, 2.75) is 42.7 Å². The van der Waals surface area contributed by atoms with Crippen molar-refractivity contribution in [1.29, 1.82) is 0 Å². The van der Waals surface area contributed by atoms with E-state index < -0.39 is 0 Å². The lowest BCUT2D eigenvalue weighted by molar-refractivity contribution is 0.211. The molecule has 0 bridgehead atoms. The molecule has 3 aromatic rings. The molecular formula is C21H24N2S. The lowest BCUT2D eigenvalue weighted by Gasteiger charge is -2.33. The fourth-order valence-corrected chi connectivity index (χ4v) is 4.99. The van der Waals surface area contributed by atoms with E-state index in [1.165, 1.54) is 38.4 Å². The minimum atomic E-state index is 0.615. The maximum atomic E-state index is 3.68.